The summed E-state index contributed by atoms with van der Waals surface area (Å²) in [4.78, 5) is 24.8. The standard InChI is InChI=1S/C21H22N4O3/c1-14(15-7-5-4-6-8-15)22-19(26)16-9-11-17(12-10-16)23-20(27)18-13-25(2)24-21(18)28-3/h4-14H,1-3H3,(H,22,26)(H,23,27). The second-order valence-electron chi connectivity index (χ2n) is 6.36. The molecule has 0 radical (unpaired) electrons. The molecule has 2 amide bonds. The summed E-state index contributed by atoms with van der Waals surface area (Å²) in [5, 5.41) is 9.80. The van der Waals surface area contributed by atoms with E-state index in [9.17, 15) is 9.59 Å². The fourth-order valence-electron chi connectivity index (χ4n) is 2.78. The summed E-state index contributed by atoms with van der Waals surface area (Å²) >= 11 is 0. The van der Waals surface area contributed by atoms with Crippen LogP contribution in [-0.4, -0.2) is 28.7 Å². The molecule has 3 aromatic rings. The molecule has 0 saturated heterocycles. The molecule has 1 atom stereocenters. The molecule has 0 spiro atoms. The first-order chi connectivity index (χ1) is 13.5. The zero-order valence-corrected chi connectivity index (χ0v) is 16.0. The Morgan fingerprint density at radius 3 is 2.36 bits per heavy atom. The third kappa shape index (κ3) is 4.37. The molecular weight excluding hydrogens is 356 g/mol. The Balaban J connectivity index is 1.64. The van der Waals surface area contributed by atoms with Crippen molar-refractivity contribution in [2.75, 3.05) is 12.4 Å². The number of hydrogen-bond donors (Lipinski definition) is 2. The minimum Gasteiger partial charge on any atom is -0.479 e. The largest absolute Gasteiger partial charge is 0.479 e. The van der Waals surface area contributed by atoms with E-state index >= 15 is 0 Å². The number of carbonyl (C=O) groups excluding carboxylic acids is 2. The second kappa shape index (κ2) is 8.39. The lowest BCUT2D eigenvalue weighted by molar-refractivity contribution is 0.0939. The fourth-order valence-corrected chi connectivity index (χ4v) is 2.78. The van der Waals surface area contributed by atoms with Crippen molar-refractivity contribution in [2.24, 2.45) is 7.05 Å². The number of nitrogens with zero attached hydrogens (tertiary/aromatic N) is 2. The Labute approximate surface area is 163 Å². The van der Waals surface area contributed by atoms with E-state index in [0.717, 1.165) is 5.56 Å². The predicted octanol–water partition coefficient (Wildman–Crippen LogP) is 3.17. The number of hydrogen-bond acceptors (Lipinski definition) is 4. The number of methoxy groups -OCH3 is 1. The summed E-state index contributed by atoms with van der Waals surface area (Å²) in [7, 11) is 3.17. The number of anilines is 1. The number of carbonyl (C=O) groups is 2. The number of rotatable bonds is 6. The van der Waals surface area contributed by atoms with E-state index in [2.05, 4.69) is 15.7 Å². The second-order valence-corrected chi connectivity index (χ2v) is 6.36. The lowest BCUT2D eigenvalue weighted by Crippen LogP contribution is -2.26. The van der Waals surface area contributed by atoms with Crippen LogP contribution in [0.3, 0.4) is 0 Å². The van der Waals surface area contributed by atoms with Gasteiger partial charge in [0.2, 0.25) is 5.88 Å². The molecule has 28 heavy (non-hydrogen) atoms. The predicted molar refractivity (Wildman–Crippen MR) is 106 cm³/mol. The third-order valence-electron chi connectivity index (χ3n) is 4.29. The molecule has 0 aliphatic carbocycles. The zero-order chi connectivity index (χ0) is 20.1. The molecule has 7 nitrogen and oxygen atoms in total. The molecule has 0 fully saturated rings. The fraction of sp³-hybridized carbons (Fsp3) is 0.190. The van der Waals surface area contributed by atoms with Crippen molar-refractivity contribution in [3.8, 4) is 5.88 Å². The molecule has 0 aliphatic rings. The van der Waals surface area contributed by atoms with E-state index in [0.29, 0.717) is 16.8 Å². The Morgan fingerprint density at radius 1 is 1.04 bits per heavy atom. The van der Waals surface area contributed by atoms with Gasteiger partial charge in [-0.15, -0.1) is 5.10 Å². The summed E-state index contributed by atoms with van der Waals surface area (Å²) in [6.07, 6.45) is 1.58. The summed E-state index contributed by atoms with van der Waals surface area (Å²) in [5.74, 6) is -0.256. The van der Waals surface area contributed by atoms with E-state index in [1.807, 2.05) is 37.3 Å². The van der Waals surface area contributed by atoms with Crippen molar-refractivity contribution in [3.05, 3.63) is 77.5 Å². The van der Waals surface area contributed by atoms with Gasteiger partial charge in [0.1, 0.15) is 5.56 Å². The Morgan fingerprint density at radius 2 is 1.71 bits per heavy atom. The Hall–Kier alpha value is -3.61. The summed E-state index contributed by atoms with van der Waals surface area (Å²) in [5.41, 5.74) is 2.46. The topological polar surface area (TPSA) is 85.2 Å². The molecule has 7 heteroatoms. The number of aryl methyl sites for hydroxylation is 1. The van der Waals surface area contributed by atoms with Gasteiger partial charge in [-0.3, -0.25) is 14.3 Å². The monoisotopic (exact) mass is 378 g/mol. The highest BCUT2D eigenvalue weighted by atomic mass is 16.5. The molecule has 1 aromatic heterocycles. The Bertz CT molecular complexity index is 965. The maximum atomic E-state index is 12.4. The average molecular weight is 378 g/mol. The average Bonchev–Trinajstić information content (AvgIpc) is 3.10. The van der Waals surface area contributed by atoms with Gasteiger partial charge in [-0.25, -0.2) is 0 Å². The molecular formula is C21H22N4O3. The van der Waals surface area contributed by atoms with Gasteiger partial charge in [-0.2, -0.15) is 0 Å². The molecule has 2 N–H and O–H groups in total. The first kappa shape index (κ1) is 19.2. The van der Waals surface area contributed by atoms with E-state index in [1.165, 1.54) is 11.8 Å². The molecule has 2 aromatic carbocycles. The van der Waals surface area contributed by atoms with Crippen LogP contribution in [0, 0.1) is 0 Å². The van der Waals surface area contributed by atoms with Crippen molar-refractivity contribution in [3.63, 3.8) is 0 Å². The highest BCUT2D eigenvalue weighted by Gasteiger charge is 2.17. The first-order valence-electron chi connectivity index (χ1n) is 8.83. The number of benzene rings is 2. The quantitative estimate of drug-likeness (QED) is 0.690. The van der Waals surface area contributed by atoms with Crippen LogP contribution in [0.4, 0.5) is 5.69 Å². The van der Waals surface area contributed by atoms with Gasteiger partial charge in [0.05, 0.1) is 13.2 Å². The lowest BCUT2D eigenvalue weighted by Gasteiger charge is -2.14. The van der Waals surface area contributed by atoms with Crippen molar-refractivity contribution >= 4 is 17.5 Å². The van der Waals surface area contributed by atoms with E-state index < -0.39 is 0 Å². The first-order valence-corrected chi connectivity index (χ1v) is 8.83. The highest BCUT2D eigenvalue weighted by molar-refractivity contribution is 6.06. The highest BCUT2D eigenvalue weighted by Crippen LogP contribution is 2.18. The molecule has 1 unspecified atom stereocenters. The number of ether oxygens (including phenoxy) is 1. The zero-order valence-electron chi connectivity index (χ0n) is 16.0. The van der Waals surface area contributed by atoms with Gasteiger partial charge in [-0.1, -0.05) is 30.3 Å². The van der Waals surface area contributed by atoms with Gasteiger partial charge in [0.25, 0.3) is 11.8 Å². The van der Waals surface area contributed by atoms with Crippen LogP contribution in [-0.2, 0) is 7.05 Å². The van der Waals surface area contributed by atoms with E-state index in [4.69, 9.17) is 4.74 Å². The molecule has 3 rings (SSSR count). The molecule has 0 bridgehead atoms. The van der Waals surface area contributed by atoms with Crippen molar-refractivity contribution in [1.29, 1.82) is 0 Å². The molecule has 1 heterocycles. The van der Waals surface area contributed by atoms with Crippen LogP contribution in [0.25, 0.3) is 0 Å². The van der Waals surface area contributed by atoms with E-state index in [-0.39, 0.29) is 23.7 Å². The minimum absolute atomic E-state index is 0.105. The van der Waals surface area contributed by atoms with Crippen molar-refractivity contribution in [2.45, 2.75) is 13.0 Å². The van der Waals surface area contributed by atoms with Crippen molar-refractivity contribution < 1.29 is 14.3 Å². The SMILES string of the molecule is COc1nn(C)cc1C(=O)Nc1ccc(C(=O)NC(C)c2ccccc2)cc1. The number of aromatic nitrogens is 2. The van der Waals surface area contributed by atoms with Crippen LogP contribution < -0.4 is 15.4 Å². The maximum absolute atomic E-state index is 12.4. The summed E-state index contributed by atoms with van der Waals surface area (Å²) in [6, 6.07) is 16.3. The smallest absolute Gasteiger partial charge is 0.262 e. The number of amides is 2. The summed E-state index contributed by atoms with van der Waals surface area (Å²) < 4.78 is 6.61. The number of nitrogens with one attached hydrogen (secondary N) is 2. The van der Waals surface area contributed by atoms with Crippen LogP contribution in [0.5, 0.6) is 5.88 Å². The van der Waals surface area contributed by atoms with Gasteiger partial charge in [-0.05, 0) is 36.8 Å². The van der Waals surface area contributed by atoms with Gasteiger partial charge in [0.15, 0.2) is 0 Å². The van der Waals surface area contributed by atoms with Crippen LogP contribution in [0.2, 0.25) is 0 Å². The molecule has 0 aliphatic heterocycles. The lowest BCUT2D eigenvalue weighted by atomic mass is 10.1. The van der Waals surface area contributed by atoms with Gasteiger partial charge >= 0.3 is 0 Å². The van der Waals surface area contributed by atoms with Crippen LogP contribution >= 0.6 is 0 Å². The maximum Gasteiger partial charge on any atom is 0.262 e. The van der Waals surface area contributed by atoms with Crippen molar-refractivity contribution in [1.82, 2.24) is 15.1 Å². The third-order valence-corrected chi connectivity index (χ3v) is 4.29. The van der Waals surface area contributed by atoms with Gasteiger partial charge in [0, 0.05) is 24.5 Å². The van der Waals surface area contributed by atoms with E-state index in [1.54, 1.807) is 37.5 Å². The van der Waals surface area contributed by atoms with Crippen LogP contribution in [0.15, 0.2) is 60.8 Å². The summed E-state index contributed by atoms with van der Waals surface area (Å²) in [6.45, 7) is 1.93. The van der Waals surface area contributed by atoms with Crippen LogP contribution in [0.1, 0.15) is 39.2 Å². The normalized spacial score (nSPS) is 11.5. The van der Waals surface area contributed by atoms with Gasteiger partial charge < -0.3 is 15.4 Å². The molecule has 144 valence electrons. The minimum atomic E-state index is -0.333. The molecule has 0 saturated carbocycles. The Kier molecular flexibility index (Phi) is 5.74.